The summed E-state index contributed by atoms with van der Waals surface area (Å²) < 4.78 is 0. The first-order chi connectivity index (χ1) is 3.27. The minimum Gasteiger partial charge on any atom is -0.290 e. The molecule has 0 aromatic rings. The Bertz CT molecular complexity index is 103. The molecule has 0 unspecified atom stereocenters. The number of rotatable bonds is 2. The van der Waals surface area contributed by atoms with Crippen molar-refractivity contribution < 1.29 is 0 Å². The van der Waals surface area contributed by atoms with E-state index in [2.05, 4.69) is 11.6 Å². The van der Waals surface area contributed by atoms with E-state index in [0.29, 0.717) is 0 Å². The van der Waals surface area contributed by atoms with Crippen molar-refractivity contribution in [3.8, 4) is 0 Å². The summed E-state index contributed by atoms with van der Waals surface area (Å²) in [5, 5.41) is 6.43. The van der Waals surface area contributed by atoms with Crippen molar-refractivity contribution in [2.24, 2.45) is 4.99 Å². The fraction of sp³-hybridized carbons (Fsp3) is 0.200. The molecule has 0 spiro atoms. The second-order valence-electron chi connectivity index (χ2n) is 1.25. The van der Waals surface area contributed by atoms with E-state index in [9.17, 15) is 0 Å². The van der Waals surface area contributed by atoms with Gasteiger partial charge in [0.25, 0.3) is 0 Å². The maximum atomic E-state index is 6.43. The molecule has 0 heterocycles. The first-order valence-corrected chi connectivity index (χ1v) is 1.95. The van der Waals surface area contributed by atoms with Crippen molar-refractivity contribution in [2.45, 2.75) is 6.92 Å². The molecule has 0 aromatic carbocycles. The highest BCUT2D eigenvalue weighted by Crippen LogP contribution is 1.75. The number of hydrogen-bond acceptors (Lipinski definition) is 1. The maximum absolute atomic E-state index is 6.43. The summed E-state index contributed by atoms with van der Waals surface area (Å²) in [5.74, 6) is 0. The summed E-state index contributed by atoms with van der Waals surface area (Å²) in [5.41, 5.74) is 0.864. The van der Waals surface area contributed by atoms with Crippen LogP contribution in [0.15, 0.2) is 17.1 Å². The molecular weight excluding hydrogens is 88.1 g/mol. The Balaban J connectivity index is 3.46. The Morgan fingerprint density at radius 1 is 1.86 bits per heavy atom. The van der Waals surface area contributed by atoms with E-state index in [-0.39, 0.29) is 0 Å². The minimum absolute atomic E-state index is 0.864. The lowest BCUT2D eigenvalue weighted by Gasteiger charge is -1.75. The molecule has 2 heteroatoms. The van der Waals surface area contributed by atoms with Crippen LogP contribution in [0, 0.1) is 5.41 Å². The molecule has 0 aliphatic carbocycles. The van der Waals surface area contributed by atoms with Crippen LogP contribution >= 0.6 is 0 Å². The lowest BCUT2D eigenvalue weighted by Crippen LogP contribution is -1.71. The summed E-state index contributed by atoms with van der Waals surface area (Å²) in [6, 6.07) is 0. The molecule has 0 amide bonds. The molecule has 0 saturated heterocycles. The van der Waals surface area contributed by atoms with Gasteiger partial charge in [0.2, 0.25) is 0 Å². The predicted octanol–water partition coefficient (Wildman–Crippen LogP) is 1.24. The molecular formula is C5H8N2. The third-order valence-electron chi connectivity index (χ3n) is 0.369. The Kier molecular flexibility index (Phi) is 2.85. The average Bonchev–Trinajstić information content (AvgIpc) is 1.61. The standard InChI is InChI=1S/C5H8N2/c1-5(2)3-7-4-6/h3-4,6H,1H2,2H3. The van der Waals surface area contributed by atoms with Gasteiger partial charge in [-0.15, -0.1) is 0 Å². The van der Waals surface area contributed by atoms with Crippen LogP contribution in [0.5, 0.6) is 0 Å². The second kappa shape index (κ2) is 3.28. The number of nitrogens with zero attached hydrogens (tertiary/aromatic N) is 1. The molecule has 38 valence electrons. The fourth-order valence-electron chi connectivity index (χ4n) is 0.165. The van der Waals surface area contributed by atoms with Gasteiger partial charge in [-0.05, 0) is 12.5 Å². The van der Waals surface area contributed by atoms with Crippen LogP contribution < -0.4 is 0 Å². The Hall–Kier alpha value is -0.920. The van der Waals surface area contributed by atoms with Gasteiger partial charge in [0, 0.05) is 6.21 Å². The van der Waals surface area contributed by atoms with Gasteiger partial charge in [-0.1, -0.05) is 6.58 Å². The molecule has 0 bridgehead atoms. The first-order valence-electron chi connectivity index (χ1n) is 1.95. The zero-order valence-electron chi connectivity index (χ0n) is 4.31. The quantitative estimate of drug-likeness (QED) is 0.396. The average molecular weight is 96.1 g/mol. The van der Waals surface area contributed by atoms with E-state index in [1.807, 2.05) is 6.92 Å². The van der Waals surface area contributed by atoms with Crippen molar-refractivity contribution in [2.75, 3.05) is 0 Å². The Morgan fingerprint density at radius 2 is 2.43 bits per heavy atom. The third-order valence-corrected chi connectivity index (χ3v) is 0.369. The smallest absolute Gasteiger partial charge is 0.106 e. The highest BCUT2D eigenvalue weighted by molar-refractivity contribution is 5.82. The maximum Gasteiger partial charge on any atom is 0.106 e. The van der Waals surface area contributed by atoms with E-state index in [1.165, 1.54) is 6.21 Å². The normalized spacial score (nSPS) is 9.29. The molecule has 0 aromatic heterocycles. The fourth-order valence-corrected chi connectivity index (χ4v) is 0.165. The van der Waals surface area contributed by atoms with Gasteiger partial charge in [-0.2, -0.15) is 0 Å². The number of aliphatic imine (C=N–C) groups is 1. The molecule has 2 nitrogen and oxygen atoms in total. The molecule has 0 aliphatic heterocycles. The monoisotopic (exact) mass is 96.1 g/mol. The summed E-state index contributed by atoms with van der Waals surface area (Å²) in [6.07, 6.45) is 2.52. The molecule has 0 atom stereocenters. The van der Waals surface area contributed by atoms with Crippen molar-refractivity contribution in [1.29, 1.82) is 5.41 Å². The van der Waals surface area contributed by atoms with Crippen LogP contribution in [0.3, 0.4) is 0 Å². The van der Waals surface area contributed by atoms with Gasteiger partial charge in [0.15, 0.2) is 0 Å². The van der Waals surface area contributed by atoms with Crippen molar-refractivity contribution in [3.05, 3.63) is 12.2 Å². The zero-order chi connectivity index (χ0) is 5.70. The van der Waals surface area contributed by atoms with Crippen molar-refractivity contribution >= 4 is 12.6 Å². The summed E-state index contributed by atoms with van der Waals surface area (Å²) in [4.78, 5) is 3.49. The highest BCUT2D eigenvalue weighted by atomic mass is 14.7. The van der Waals surface area contributed by atoms with Crippen molar-refractivity contribution in [1.82, 2.24) is 0 Å². The molecule has 0 rings (SSSR count). The number of allylic oxidation sites excluding steroid dienone is 1. The summed E-state index contributed by atoms with van der Waals surface area (Å²) in [6.45, 7) is 5.37. The zero-order valence-corrected chi connectivity index (χ0v) is 4.31. The molecule has 1 N–H and O–H groups in total. The SMILES string of the molecule is C=C(C)C=NC=N. The van der Waals surface area contributed by atoms with Crippen LogP contribution in [-0.2, 0) is 0 Å². The highest BCUT2D eigenvalue weighted by Gasteiger charge is 1.67. The van der Waals surface area contributed by atoms with Gasteiger partial charge >= 0.3 is 0 Å². The van der Waals surface area contributed by atoms with E-state index >= 15 is 0 Å². The Morgan fingerprint density at radius 3 is 2.57 bits per heavy atom. The van der Waals surface area contributed by atoms with Crippen LogP contribution in [0.1, 0.15) is 6.92 Å². The Labute approximate surface area is 43.1 Å². The molecule has 0 saturated carbocycles. The molecule has 0 radical (unpaired) electrons. The summed E-state index contributed by atoms with van der Waals surface area (Å²) >= 11 is 0. The minimum atomic E-state index is 0.864. The third kappa shape index (κ3) is 5.08. The van der Waals surface area contributed by atoms with E-state index in [1.54, 1.807) is 0 Å². The summed E-state index contributed by atoms with van der Waals surface area (Å²) in [7, 11) is 0. The van der Waals surface area contributed by atoms with E-state index in [4.69, 9.17) is 5.41 Å². The topological polar surface area (TPSA) is 36.2 Å². The van der Waals surface area contributed by atoms with E-state index < -0.39 is 0 Å². The van der Waals surface area contributed by atoms with Crippen LogP contribution in [0.25, 0.3) is 0 Å². The molecule has 7 heavy (non-hydrogen) atoms. The largest absolute Gasteiger partial charge is 0.290 e. The van der Waals surface area contributed by atoms with Gasteiger partial charge in [0.1, 0.15) is 6.34 Å². The van der Waals surface area contributed by atoms with Gasteiger partial charge in [0.05, 0.1) is 0 Å². The van der Waals surface area contributed by atoms with Crippen molar-refractivity contribution in [3.63, 3.8) is 0 Å². The van der Waals surface area contributed by atoms with Crippen LogP contribution in [0.2, 0.25) is 0 Å². The lowest BCUT2D eigenvalue weighted by molar-refractivity contribution is 1.51. The predicted molar refractivity (Wildman–Crippen MR) is 32.1 cm³/mol. The molecule has 0 aliphatic rings. The lowest BCUT2D eigenvalue weighted by atomic mass is 10.4. The first kappa shape index (κ1) is 6.08. The van der Waals surface area contributed by atoms with Gasteiger partial charge < -0.3 is 0 Å². The van der Waals surface area contributed by atoms with Crippen LogP contribution in [0.4, 0.5) is 0 Å². The second-order valence-corrected chi connectivity index (χ2v) is 1.25. The van der Waals surface area contributed by atoms with E-state index in [0.717, 1.165) is 11.9 Å². The van der Waals surface area contributed by atoms with Gasteiger partial charge in [-0.3, -0.25) is 5.41 Å². The van der Waals surface area contributed by atoms with Crippen LogP contribution in [-0.4, -0.2) is 12.6 Å². The van der Waals surface area contributed by atoms with Gasteiger partial charge in [-0.25, -0.2) is 4.99 Å². The number of nitrogens with one attached hydrogen (secondary N) is 1. The molecule has 0 fully saturated rings. The number of hydrogen-bond donors (Lipinski definition) is 1.